The van der Waals surface area contributed by atoms with Gasteiger partial charge in [0.25, 0.3) is 0 Å². The van der Waals surface area contributed by atoms with Gasteiger partial charge in [-0.05, 0) is 33.6 Å². The second kappa shape index (κ2) is 3.52. The first-order valence-corrected chi connectivity index (χ1v) is 4.89. The third kappa shape index (κ3) is 2.58. The van der Waals surface area contributed by atoms with Crippen LogP contribution in [-0.2, 0) is 4.79 Å². The third-order valence-electron chi connectivity index (χ3n) is 2.31. The van der Waals surface area contributed by atoms with E-state index in [2.05, 4.69) is 27.4 Å². The van der Waals surface area contributed by atoms with Crippen molar-refractivity contribution in [1.29, 1.82) is 0 Å². The number of amides is 1. The maximum atomic E-state index is 11.8. The first kappa shape index (κ1) is 10.3. The molecule has 0 atom stereocenters. The molecular weight excluding hydrogens is 162 g/mol. The molecule has 74 valence electrons. The predicted molar refractivity (Wildman–Crippen MR) is 54.4 cm³/mol. The van der Waals surface area contributed by atoms with Crippen molar-refractivity contribution >= 4 is 5.91 Å². The minimum absolute atomic E-state index is 0.0755. The Morgan fingerprint density at radius 1 is 1.54 bits per heavy atom. The summed E-state index contributed by atoms with van der Waals surface area (Å²) in [7, 11) is 0. The van der Waals surface area contributed by atoms with E-state index in [1.807, 2.05) is 4.90 Å². The Labute approximate surface area is 80.6 Å². The van der Waals surface area contributed by atoms with Crippen molar-refractivity contribution in [2.24, 2.45) is 5.92 Å². The summed E-state index contributed by atoms with van der Waals surface area (Å²) in [6, 6.07) is 0. The monoisotopic (exact) mass is 181 g/mol. The molecule has 0 N–H and O–H groups in total. The topological polar surface area (TPSA) is 20.3 Å². The van der Waals surface area contributed by atoms with Crippen LogP contribution in [0.25, 0.3) is 0 Å². The van der Waals surface area contributed by atoms with Crippen LogP contribution < -0.4 is 0 Å². The van der Waals surface area contributed by atoms with Crippen LogP contribution in [0.4, 0.5) is 0 Å². The molecule has 0 saturated heterocycles. The van der Waals surface area contributed by atoms with E-state index in [4.69, 9.17) is 0 Å². The van der Waals surface area contributed by atoms with Crippen molar-refractivity contribution in [1.82, 2.24) is 4.90 Å². The van der Waals surface area contributed by atoms with Crippen LogP contribution in [0.5, 0.6) is 0 Å². The van der Waals surface area contributed by atoms with Crippen LogP contribution in [0.2, 0.25) is 0 Å². The smallest absolute Gasteiger partial charge is 0.226 e. The van der Waals surface area contributed by atoms with Crippen molar-refractivity contribution in [3.05, 3.63) is 12.7 Å². The lowest BCUT2D eigenvalue weighted by atomic mass is 10.1. The summed E-state index contributed by atoms with van der Waals surface area (Å²) in [6.45, 7) is 10.5. The van der Waals surface area contributed by atoms with Gasteiger partial charge in [-0.1, -0.05) is 6.08 Å². The zero-order valence-electron chi connectivity index (χ0n) is 8.84. The van der Waals surface area contributed by atoms with Gasteiger partial charge in [-0.25, -0.2) is 0 Å². The molecule has 0 aliphatic heterocycles. The molecule has 1 fully saturated rings. The van der Waals surface area contributed by atoms with Gasteiger partial charge >= 0.3 is 0 Å². The minimum atomic E-state index is -0.0755. The third-order valence-corrected chi connectivity index (χ3v) is 2.31. The SMILES string of the molecule is C=CCN(C(=O)C1CC1)C(C)(C)C. The second-order valence-electron chi connectivity index (χ2n) is 4.68. The van der Waals surface area contributed by atoms with E-state index >= 15 is 0 Å². The average molecular weight is 181 g/mol. The minimum Gasteiger partial charge on any atom is -0.334 e. The van der Waals surface area contributed by atoms with Crippen LogP contribution >= 0.6 is 0 Å². The molecule has 1 amide bonds. The number of rotatable bonds is 3. The molecule has 2 nitrogen and oxygen atoms in total. The van der Waals surface area contributed by atoms with Crippen LogP contribution in [0, 0.1) is 5.92 Å². The van der Waals surface area contributed by atoms with Crippen LogP contribution in [-0.4, -0.2) is 22.9 Å². The number of hydrogen-bond acceptors (Lipinski definition) is 1. The summed E-state index contributed by atoms with van der Waals surface area (Å²) >= 11 is 0. The predicted octanol–water partition coefficient (Wildman–Crippen LogP) is 2.21. The maximum absolute atomic E-state index is 11.8. The Morgan fingerprint density at radius 2 is 2.08 bits per heavy atom. The molecule has 1 rings (SSSR count). The van der Waals surface area contributed by atoms with E-state index in [0.29, 0.717) is 18.4 Å². The Kier molecular flexibility index (Phi) is 2.79. The Hall–Kier alpha value is -0.790. The molecule has 1 aliphatic carbocycles. The van der Waals surface area contributed by atoms with Gasteiger partial charge < -0.3 is 4.90 Å². The fourth-order valence-corrected chi connectivity index (χ4v) is 1.37. The summed E-state index contributed by atoms with van der Waals surface area (Å²) in [5.41, 5.74) is -0.0755. The van der Waals surface area contributed by atoms with Gasteiger partial charge in [0.05, 0.1) is 0 Å². The number of carbonyl (C=O) groups is 1. The van der Waals surface area contributed by atoms with Gasteiger partial charge in [0.2, 0.25) is 5.91 Å². The van der Waals surface area contributed by atoms with E-state index in [9.17, 15) is 4.79 Å². The second-order valence-corrected chi connectivity index (χ2v) is 4.68. The number of hydrogen-bond donors (Lipinski definition) is 0. The summed E-state index contributed by atoms with van der Waals surface area (Å²) in [6.07, 6.45) is 3.94. The summed E-state index contributed by atoms with van der Waals surface area (Å²) < 4.78 is 0. The number of carbonyl (C=O) groups excluding carboxylic acids is 1. The first-order valence-electron chi connectivity index (χ1n) is 4.89. The Bertz CT molecular complexity index is 211. The van der Waals surface area contributed by atoms with E-state index < -0.39 is 0 Å². The van der Waals surface area contributed by atoms with Gasteiger partial charge in [0.1, 0.15) is 0 Å². The van der Waals surface area contributed by atoms with Crippen molar-refractivity contribution in [3.63, 3.8) is 0 Å². The molecule has 0 unspecified atom stereocenters. The summed E-state index contributed by atoms with van der Waals surface area (Å²) in [5, 5.41) is 0. The van der Waals surface area contributed by atoms with Gasteiger partial charge in [-0.3, -0.25) is 4.79 Å². The quantitative estimate of drug-likeness (QED) is 0.611. The van der Waals surface area contributed by atoms with Crippen molar-refractivity contribution in [2.45, 2.75) is 39.2 Å². The highest BCUT2D eigenvalue weighted by molar-refractivity contribution is 5.81. The zero-order chi connectivity index (χ0) is 10.1. The summed E-state index contributed by atoms with van der Waals surface area (Å²) in [5.74, 6) is 0.603. The first-order chi connectivity index (χ1) is 5.96. The van der Waals surface area contributed by atoms with E-state index in [0.717, 1.165) is 12.8 Å². The van der Waals surface area contributed by atoms with Gasteiger partial charge in [-0.2, -0.15) is 0 Å². The zero-order valence-corrected chi connectivity index (χ0v) is 8.84. The molecule has 0 aromatic heterocycles. The van der Waals surface area contributed by atoms with Crippen LogP contribution in [0.15, 0.2) is 12.7 Å². The van der Waals surface area contributed by atoms with Gasteiger partial charge in [-0.15, -0.1) is 6.58 Å². The maximum Gasteiger partial charge on any atom is 0.226 e. The van der Waals surface area contributed by atoms with E-state index in [-0.39, 0.29) is 5.54 Å². The van der Waals surface area contributed by atoms with Gasteiger partial charge in [0.15, 0.2) is 0 Å². The molecular formula is C11H19NO. The Morgan fingerprint density at radius 3 is 2.38 bits per heavy atom. The largest absolute Gasteiger partial charge is 0.334 e. The summed E-state index contributed by atoms with van der Waals surface area (Å²) in [4.78, 5) is 13.7. The highest BCUT2D eigenvalue weighted by Gasteiger charge is 2.36. The lowest BCUT2D eigenvalue weighted by molar-refractivity contribution is -0.136. The van der Waals surface area contributed by atoms with E-state index in [1.54, 1.807) is 6.08 Å². The Balaban J connectivity index is 2.65. The highest BCUT2D eigenvalue weighted by Crippen LogP contribution is 2.33. The molecule has 2 heteroatoms. The molecule has 0 aromatic rings. The average Bonchev–Trinajstić information content (AvgIpc) is 2.78. The lowest BCUT2D eigenvalue weighted by Crippen LogP contribution is -2.46. The molecule has 0 spiro atoms. The van der Waals surface area contributed by atoms with Gasteiger partial charge in [0, 0.05) is 18.0 Å². The molecule has 1 saturated carbocycles. The number of nitrogens with zero attached hydrogens (tertiary/aromatic N) is 1. The van der Waals surface area contributed by atoms with Crippen molar-refractivity contribution < 1.29 is 4.79 Å². The highest BCUT2D eigenvalue weighted by atomic mass is 16.2. The van der Waals surface area contributed by atoms with Crippen LogP contribution in [0.1, 0.15) is 33.6 Å². The molecule has 0 heterocycles. The normalized spacial score (nSPS) is 16.8. The molecule has 0 bridgehead atoms. The molecule has 0 aromatic carbocycles. The van der Waals surface area contributed by atoms with Crippen LogP contribution in [0.3, 0.4) is 0 Å². The fraction of sp³-hybridized carbons (Fsp3) is 0.727. The van der Waals surface area contributed by atoms with E-state index in [1.165, 1.54) is 0 Å². The fourth-order valence-electron chi connectivity index (χ4n) is 1.37. The molecule has 13 heavy (non-hydrogen) atoms. The van der Waals surface area contributed by atoms with Crippen molar-refractivity contribution in [3.8, 4) is 0 Å². The molecule has 0 radical (unpaired) electrons. The van der Waals surface area contributed by atoms with Crippen molar-refractivity contribution in [2.75, 3.05) is 6.54 Å². The lowest BCUT2D eigenvalue weighted by Gasteiger charge is -2.35. The standard InChI is InChI=1S/C11H19NO/c1-5-8-12(11(2,3)4)10(13)9-6-7-9/h5,9H,1,6-8H2,2-4H3. The molecule has 1 aliphatic rings.